The first-order valence-corrected chi connectivity index (χ1v) is 10.3. The van der Waals surface area contributed by atoms with Crippen LogP contribution in [0.1, 0.15) is 45.4 Å². The van der Waals surface area contributed by atoms with Crippen LogP contribution in [0.25, 0.3) is 0 Å². The Kier molecular flexibility index (Phi) is 15.3. The fourth-order valence-corrected chi connectivity index (χ4v) is 2.88. The molecule has 8 N–H and O–H groups in total. The molecule has 10 heteroatoms. The molecule has 1 amide bonds. The Morgan fingerprint density at radius 1 is 1.00 bits per heavy atom. The van der Waals surface area contributed by atoms with Gasteiger partial charge >= 0.3 is 5.97 Å². The Morgan fingerprint density at radius 2 is 1.62 bits per heavy atom. The van der Waals surface area contributed by atoms with Gasteiger partial charge in [0.05, 0.1) is 24.7 Å². The minimum absolute atomic E-state index is 0.146. The Hall–Kier alpha value is -1.59. The fraction of sp³-hybridized carbons (Fsp3) is 0.842. The van der Waals surface area contributed by atoms with E-state index in [1.807, 2.05) is 7.05 Å². The van der Waals surface area contributed by atoms with Crippen molar-refractivity contribution in [2.45, 2.75) is 69.7 Å². The molecule has 0 saturated carbocycles. The zero-order valence-corrected chi connectivity index (χ0v) is 17.9. The molecule has 0 aliphatic heterocycles. The predicted molar refractivity (Wildman–Crippen MR) is 112 cm³/mol. The van der Waals surface area contributed by atoms with E-state index >= 15 is 0 Å². The van der Waals surface area contributed by atoms with Crippen molar-refractivity contribution >= 4 is 17.7 Å². The Morgan fingerprint density at radius 3 is 2.17 bits per heavy atom. The number of ketones is 1. The van der Waals surface area contributed by atoms with Crippen molar-refractivity contribution in [3.05, 3.63) is 0 Å². The first-order valence-electron chi connectivity index (χ1n) is 10.3. The summed E-state index contributed by atoms with van der Waals surface area (Å²) in [6.07, 6.45) is 3.42. The summed E-state index contributed by atoms with van der Waals surface area (Å²) in [7, 11) is 3.55. The maximum atomic E-state index is 12.2. The van der Waals surface area contributed by atoms with Gasteiger partial charge in [0.1, 0.15) is 6.04 Å². The number of amides is 1. The number of unbranched alkanes of at least 4 members (excludes halogenated alkanes) is 2. The summed E-state index contributed by atoms with van der Waals surface area (Å²) in [5, 5.41) is 29.8. The maximum absolute atomic E-state index is 12.2. The topological polar surface area (TPSA) is 166 Å². The van der Waals surface area contributed by atoms with Gasteiger partial charge in [-0.3, -0.25) is 19.7 Å². The molecule has 170 valence electrons. The summed E-state index contributed by atoms with van der Waals surface area (Å²) in [5.74, 6) is -1.53. The van der Waals surface area contributed by atoms with Crippen LogP contribution in [-0.2, 0) is 14.4 Å². The third-order valence-electron chi connectivity index (χ3n) is 4.73. The molecular weight excluding hydrogens is 378 g/mol. The maximum Gasteiger partial charge on any atom is 0.323 e. The third kappa shape index (κ3) is 12.6. The van der Waals surface area contributed by atoms with Crippen molar-refractivity contribution in [2.75, 3.05) is 33.7 Å². The quantitative estimate of drug-likeness (QED) is 0.132. The van der Waals surface area contributed by atoms with Crippen LogP contribution in [0.5, 0.6) is 0 Å². The number of aliphatic hydroxyl groups excluding tert-OH is 1. The van der Waals surface area contributed by atoms with Crippen molar-refractivity contribution in [3.8, 4) is 0 Å². The SMILES string of the molecule is CNCCCC[C@H](N)C(=O)NCCCC[C@H](NC)C(=O)CN[C@H](C(=O)O)[C@@H](C)O. The zero-order chi connectivity index (χ0) is 22.2. The molecule has 0 spiro atoms. The molecule has 0 saturated heterocycles. The van der Waals surface area contributed by atoms with Crippen LogP contribution in [-0.4, -0.2) is 85.8 Å². The van der Waals surface area contributed by atoms with Crippen LogP contribution in [0.4, 0.5) is 0 Å². The van der Waals surface area contributed by atoms with E-state index in [2.05, 4.69) is 21.3 Å². The molecular formula is C19H39N5O5. The number of carboxylic acid groups (broad SMARTS) is 1. The number of nitrogens with two attached hydrogens (primary N) is 1. The minimum atomic E-state index is -1.20. The van der Waals surface area contributed by atoms with E-state index in [4.69, 9.17) is 10.8 Å². The van der Waals surface area contributed by atoms with E-state index in [0.717, 1.165) is 19.4 Å². The van der Waals surface area contributed by atoms with Crippen LogP contribution in [0.3, 0.4) is 0 Å². The second-order valence-corrected chi connectivity index (χ2v) is 7.24. The highest BCUT2D eigenvalue weighted by Crippen LogP contribution is 2.03. The lowest BCUT2D eigenvalue weighted by Crippen LogP contribution is -2.49. The predicted octanol–water partition coefficient (Wildman–Crippen LogP) is -1.43. The van der Waals surface area contributed by atoms with Gasteiger partial charge < -0.3 is 31.9 Å². The summed E-state index contributed by atoms with van der Waals surface area (Å²) in [6, 6.07) is -2.11. The molecule has 0 bridgehead atoms. The first-order chi connectivity index (χ1) is 13.7. The molecule has 4 atom stereocenters. The van der Waals surface area contributed by atoms with Gasteiger partial charge in [-0.15, -0.1) is 0 Å². The van der Waals surface area contributed by atoms with Gasteiger partial charge in [0, 0.05) is 6.54 Å². The number of carboxylic acids is 1. The van der Waals surface area contributed by atoms with E-state index in [1.165, 1.54) is 6.92 Å². The normalized spacial score (nSPS) is 15.3. The van der Waals surface area contributed by atoms with Crippen LogP contribution in [0.2, 0.25) is 0 Å². The van der Waals surface area contributed by atoms with E-state index in [1.54, 1.807) is 7.05 Å². The molecule has 0 unspecified atom stereocenters. The van der Waals surface area contributed by atoms with Crippen molar-refractivity contribution < 1.29 is 24.6 Å². The van der Waals surface area contributed by atoms with E-state index < -0.39 is 30.2 Å². The monoisotopic (exact) mass is 417 g/mol. The Labute approximate surface area is 173 Å². The molecule has 0 rings (SSSR count). The van der Waals surface area contributed by atoms with E-state index in [-0.39, 0.29) is 18.2 Å². The molecule has 29 heavy (non-hydrogen) atoms. The van der Waals surface area contributed by atoms with E-state index in [0.29, 0.717) is 32.2 Å². The molecule has 0 heterocycles. The van der Waals surface area contributed by atoms with Crippen molar-refractivity contribution in [1.82, 2.24) is 21.3 Å². The number of likely N-dealkylation sites (N-methyl/N-ethyl adjacent to an activating group) is 1. The fourth-order valence-electron chi connectivity index (χ4n) is 2.88. The second-order valence-electron chi connectivity index (χ2n) is 7.24. The summed E-state index contributed by atoms with van der Waals surface area (Å²) >= 11 is 0. The zero-order valence-electron chi connectivity index (χ0n) is 17.9. The van der Waals surface area contributed by atoms with Gasteiger partial charge in [0.25, 0.3) is 0 Å². The van der Waals surface area contributed by atoms with Gasteiger partial charge in [-0.05, 0) is 59.7 Å². The van der Waals surface area contributed by atoms with Crippen LogP contribution >= 0.6 is 0 Å². The van der Waals surface area contributed by atoms with Crippen molar-refractivity contribution in [1.29, 1.82) is 0 Å². The lowest BCUT2D eigenvalue weighted by molar-refractivity contribution is -0.142. The molecule has 0 aromatic rings. The van der Waals surface area contributed by atoms with Gasteiger partial charge in [-0.1, -0.05) is 6.42 Å². The number of hydrogen-bond acceptors (Lipinski definition) is 8. The molecule has 0 radical (unpaired) electrons. The van der Waals surface area contributed by atoms with Crippen LogP contribution in [0.15, 0.2) is 0 Å². The number of aliphatic carboxylic acids is 1. The summed E-state index contributed by atoms with van der Waals surface area (Å²) in [4.78, 5) is 35.2. The number of hydrogen-bond donors (Lipinski definition) is 7. The summed E-state index contributed by atoms with van der Waals surface area (Å²) < 4.78 is 0. The number of carbonyl (C=O) groups is 3. The number of Topliss-reactive ketones (excluding diaryl/α,β-unsaturated/α-hetero) is 1. The standard InChI is InChI=1S/C19H39N5O5/c1-13(25)17(19(28)29)24-12-16(26)15(22-3)9-5-7-11-23-18(27)14(20)8-4-6-10-21-2/h13-15,17,21-22,24-25H,4-12,20H2,1-3H3,(H,23,27)(H,28,29)/t13-,14+,15+,17+/m1/s1. The van der Waals surface area contributed by atoms with Gasteiger partial charge in [0.15, 0.2) is 5.78 Å². The number of carbonyl (C=O) groups excluding carboxylic acids is 2. The van der Waals surface area contributed by atoms with Gasteiger partial charge in [0.2, 0.25) is 5.91 Å². The van der Waals surface area contributed by atoms with Crippen LogP contribution in [0, 0.1) is 0 Å². The average Bonchev–Trinajstić information content (AvgIpc) is 2.67. The highest BCUT2D eigenvalue weighted by atomic mass is 16.4. The highest BCUT2D eigenvalue weighted by molar-refractivity contribution is 5.86. The molecule has 0 aliphatic carbocycles. The molecule has 0 aliphatic rings. The Balaban J connectivity index is 4.06. The second kappa shape index (κ2) is 16.2. The van der Waals surface area contributed by atoms with Gasteiger partial charge in [-0.2, -0.15) is 0 Å². The number of aliphatic hydroxyl groups is 1. The lowest BCUT2D eigenvalue weighted by Gasteiger charge is -2.19. The smallest absolute Gasteiger partial charge is 0.323 e. The third-order valence-corrected chi connectivity index (χ3v) is 4.73. The van der Waals surface area contributed by atoms with Gasteiger partial charge in [-0.25, -0.2) is 0 Å². The average molecular weight is 418 g/mol. The van der Waals surface area contributed by atoms with E-state index in [9.17, 15) is 19.5 Å². The highest BCUT2D eigenvalue weighted by Gasteiger charge is 2.25. The number of rotatable bonds is 18. The van der Waals surface area contributed by atoms with Crippen molar-refractivity contribution in [3.63, 3.8) is 0 Å². The molecule has 0 aromatic heterocycles. The first kappa shape index (κ1) is 27.4. The molecule has 0 fully saturated rings. The molecule has 10 nitrogen and oxygen atoms in total. The Bertz CT molecular complexity index is 490. The minimum Gasteiger partial charge on any atom is -0.480 e. The summed E-state index contributed by atoms with van der Waals surface area (Å²) in [6.45, 7) is 2.61. The lowest BCUT2D eigenvalue weighted by atomic mass is 10.0. The molecule has 0 aromatic carbocycles. The summed E-state index contributed by atoms with van der Waals surface area (Å²) in [5.41, 5.74) is 5.87. The van der Waals surface area contributed by atoms with Crippen LogP contribution < -0.4 is 27.0 Å². The largest absolute Gasteiger partial charge is 0.480 e. The van der Waals surface area contributed by atoms with Crippen molar-refractivity contribution in [2.24, 2.45) is 5.73 Å². The number of nitrogens with one attached hydrogen (secondary N) is 4.